The monoisotopic (exact) mass is 234 g/mol. The second-order valence-corrected chi connectivity index (χ2v) is 4.14. The summed E-state index contributed by atoms with van der Waals surface area (Å²) >= 11 is 0. The number of carbonyl (C=O) groups excluding carboxylic acids is 1. The lowest BCUT2D eigenvalue weighted by atomic mass is 10.1. The molecule has 4 nitrogen and oxygen atoms in total. The van der Waals surface area contributed by atoms with E-state index in [0.717, 1.165) is 31.9 Å². The zero-order valence-corrected chi connectivity index (χ0v) is 10.1. The normalized spacial score (nSPS) is 15.7. The van der Waals surface area contributed by atoms with Gasteiger partial charge in [-0.15, -0.1) is 0 Å². The van der Waals surface area contributed by atoms with Gasteiger partial charge < -0.3 is 15.0 Å². The molecule has 1 heterocycles. The van der Waals surface area contributed by atoms with Crippen LogP contribution < -0.4 is 10.2 Å². The van der Waals surface area contributed by atoms with E-state index in [9.17, 15) is 4.79 Å². The molecule has 0 saturated carbocycles. The number of para-hydroxylation sites is 1. The summed E-state index contributed by atoms with van der Waals surface area (Å²) in [6.45, 7) is 5.50. The zero-order valence-electron chi connectivity index (χ0n) is 10.1. The van der Waals surface area contributed by atoms with Crippen molar-refractivity contribution in [3.05, 3.63) is 29.8 Å². The SMILES string of the molecule is CC(=O)NCc1ccccc1N1CCOCC1. The molecule has 0 bridgehead atoms. The van der Waals surface area contributed by atoms with Gasteiger partial charge in [0, 0.05) is 32.2 Å². The Morgan fingerprint density at radius 3 is 2.76 bits per heavy atom. The second kappa shape index (κ2) is 5.68. The molecule has 0 aromatic heterocycles. The minimum Gasteiger partial charge on any atom is -0.378 e. The molecule has 1 amide bonds. The molecule has 1 aromatic carbocycles. The summed E-state index contributed by atoms with van der Waals surface area (Å²) in [5.41, 5.74) is 2.36. The summed E-state index contributed by atoms with van der Waals surface area (Å²) in [6.07, 6.45) is 0. The Kier molecular flexibility index (Phi) is 3.98. The van der Waals surface area contributed by atoms with Crippen LogP contribution in [0.2, 0.25) is 0 Å². The molecular formula is C13H18N2O2. The van der Waals surface area contributed by atoms with E-state index in [-0.39, 0.29) is 5.91 Å². The van der Waals surface area contributed by atoms with Crippen molar-refractivity contribution in [3.63, 3.8) is 0 Å². The number of nitrogens with zero attached hydrogens (tertiary/aromatic N) is 1. The number of hydrogen-bond acceptors (Lipinski definition) is 3. The van der Waals surface area contributed by atoms with E-state index in [2.05, 4.69) is 22.3 Å². The Morgan fingerprint density at radius 1 is 1.35 bits per heavy atom. The smallest absolute Gasteiger partial charge is 0.217 e. The van der Waals surface area contributed by atoms with Crippen molar-refractivity contribution in [2.75, 3.05) is 31.2 Å². The fraction of sp³-hybridized carbons (Fsp3) is 0.462. The molecule has 92 valence electrons. The number of anilines is 1. The predicted molar refractivity (Wildman–Crippen MR) is 67.0 cm³/mol. The number of benzene rings is 1. The van der Waals surface area contributed by atoms with Gasteiger partial charge in [-0.1, -0.05) is 18.2 Å². The first kappa shape index (κ1) is 11.9. The molecule has 2 rings (SSSR count). The van der Waals surface area contributed by atoms with Gasteiger partial charge in [0.15, 0.2) is 0 Å². The molecule has 1 saturated heterocycles. The minimum absolute atomic E-state index is 0.00165. The molecule has 1 aromatic rings. The number of amides is 1. The van der Waals surface area contributed by atoms with Gasteiger partial charge in [0.1, 0.15) is 0 Å². The third-order valence-corrected chi connectivity index (χ3v) is 2.87. The molecule has 1 aliphatic rings. The van der Waals surface area contributed by atoms with E-state index < -0.39 is 0 Å². The highest BCUT2D eigenvalue weighted by Crippen LogP contribution is 2.21. The van der Waals surface area contributed by atoms with E-state index >= 15 is 0 Å². The molecule has 1 aliphatic heterocycles. The van der Waals surface area contributed by atoms with Crippen LogP contribution in [0.25, 0.3) is 0 Å². The van der Waals surface area contributed by atoms with Crippen LogP contribution in [0, 0.1) is 0 Å². The second-order valence-electron chi connectivity index (χ2n) is 4.14. The highest BCUT2D eigenvalue weighted by Gasteiger charge is 2.14. The maximum absolute atomic E-state index is 11.0. The van der Waals surface area contributed by atoms with Gasteiger partial charge in [-0.05, 0) is 11.6 Å². The quantitative estimate of drug-likeness (QED) is 0.853. The van der Waals surface area contributed by atoms with Gasteiger partial charge in [-0.2, -0.15) is 0 Å². The summed E-state index contributed by atoms with van der Waals surface area (Å²) in [5, 5.41) is 2.84. The Morgan fingerprint density at radius 2 is 2.06 bits per heavy atom. The first-order valence-corrected chi connectivity index (χ1v) is 5.92. The minimum atomic E-state index is 0.00165. The van der Waals surface area contributed by atoms with Crippen LogP contribution >= 0.6 is 0 Å². The van der Waals surface area contributed by atoms with Gasteiger partial charge >= 0.3 is 0 Å². The highest BCUT2D eigenvalue weighted by molar-refractivity contribution is 5.73. The van der Waals surface area contributed by atoms with Crippen LogP contribution in [0.3, 0.4) is 0 Å². The van der Waals surface area contributed by atoms with Crippen LogP contribution in [-0.4, -0.2) is 32.2 Å². The van der Waals surface area contributed by atoms with Crippen molar-refractivity contribution in [2.45, 2.75) is 13.5 Å². The zero-order chi connectivity index (χ0) is 12.1. The first-order valence-electron chi connectivity index (χ1n) is 5.92. The number of nitrogens with one attached hydrogen (secondary N) is 1. The van der Waals surface area contributed by atoms with Crippen molar-refractivity contribution >= 4 is 11.6 Å². The van der Waals surface area contributed by atoms with Crippen LogP contribution in [0.1, 0.15) is 12.5 Å². The Hall–Kier alpha value is -1.55. The Bertz CT molecular complexity index is 387. The molecule has 0 aliphatic carbocycles. The molecule has 0 unspecified atom stereocenters. The number of hydrogen-bond donors (Lipinski definition) is 1. The van der Waals surface area contributed by atoms with Crippen molar-refractivity contribution in [1.29, 1.82) is 0 Å². The lowest BCUT2D eigenvalue weighted by Crippen LogP contribution is -2.37. The molecule has 0 spiro atoms. The van der Waals surface area contributed by atoms with Gasteiger partial charge in [-0.3, -0.25) is 4.79 Å². The number of morpholine rings is 1. The van der Waals surface area contributed by atoms with E-state index in [1.165, 1.54) is 12.6 Å². The summed E-state index contributed by atoms with van der Waals surface area (Å²) < 4.78 is 5.35. The van der Waals surface area contributed by atoms with E-state index in [4.69, 9.17) is 4.74 Å². The summed E-state index contributed by atoms with van der Waals surface area (Å²) in [5.74, 6) is 0.00165. The Balaban J connectivity index is 2.11. The summed E-state index contributed by atoms with van der Waals surface area (Å²) in [6, 6.07) is 8.19. The lowest BCUT2D eigenvalue weighted by molar-refractivity contribution is -0.119. The van der Waals surface area contributed by atoms with Gasteiger partial charge in [0.2, 0.25) is 5.91 Å². The molecule has 17 heavy (non-hydrogen) atoms. The van der Waals surface area contributed by atoms with E-state index in [1.807, 2.05) is 12.1 Å². The summed E-state index contributed by atoms with van der Waals surface area (Å²) in [4.78, 5) is 13.3. The van der Waals surface area contributed by atoms with Gasteiger partial charge in [0.25, 0.3) is 0 Å². The molecule has 4 heteroatoms. The molecule has 1 N–H and O–H groups in total. The summed E-state index contributed by atoms with van der Waals surface area (Å²) in [7, 11) is 0. The van der Waals surface area contributed by atoms with Crippen LogP contribution in [-0.2, 0) is 16.1 Å². The van der Waals surface area contributed by atoms with Gasteiger partial charge in [-0.25, -0.2) is 0 Å². The number of carbonyl (C=O) groups is 1. The average Bonchev–Trinajstić information content (AvgIpc) is 2.38. The standard InChI is InChI=1S/C13H18N2O2/c1-11(16)14-10-12-4-2-3-5-13(12)15-6-8-17-9-7-15/h2-5H,6-10H2,1H3,(H,14,16). The van der Waals surface area contributed by atoms with Crippen molar-refractivity contribution in [2.24, 2.45) is 0 Å². The Labute approximate surface area is 102 Å². The molecular weight excluding hydrogens is 216 g/mol. The number of rotatable bonds is 3. The lowest BCUT2D eigenvalue weighted by Gasteiger charge is -2.30. The fourth-order valence-corrected chi connectivity index (χ4v) is 1.99. The fourth-order valence-electron chi connectivity index (χ4n) is 1.99. The van der Waals surface area contributed by atoms with Crippen LogP contribution in [0.15, 0.2) is 24.3 Å². The highest BCUT2D eigenvalue weighted by atomic mass is 16.5. The topological polar surface area (TPSA) is 41.6 Å². The largest absolute Gasteiger partial charge is 0.378 e. The third kappa shape index (κ3) is 3.20. The molecule has 0 atom stereocenters. The van der Waals surface area contributed by atoms with Crippen LogP contribution in [0.4, 0.5) is 5.69 Å². The van der Waals surface area contributed by atoms with Crippen molar-refractivity contribution < 1.29 is 9.53 Å². The first-order chi connectivity index (χ1) is 8.27. The van der Waals surface area contributed by atoms with E-state index in [1.54, 1.807) is 0 Å². The van der Waals surface area contributed by atoms with Crippen molar-refractivity contribution in [1.82, 2.24) is 5.32 Å². The van der Waals surface area contributed by atoms with Crippen LogP contribution in [0.5, 0.6) is 0 Å². The average molecular weight is 234 g/mol. The maximum atomic E-state index is 11.0. The number of ether oxygens (including phenoxy) is 1. The predicted octanol–water partition coefficient (Wildman–Crippen LogP) is 1.16. The maximum Gasteiger partial charge on any atom is 0.217 e. The van der Waals surface area contributed by atoms with E-state index in [0.29, 0.717) is 6.54 Å². The molecule has 1 fully saturated rings. The molecule has 0 radical (unpaired) electrons. The van der Waals surface area contributed by atoms with Gasteiger partial charge in [0.05, 0.1) is 13.2 Å². The van der Waals surface area contributed by atoms with Crippen molar-refractivity contribution in [3.8, 4) is 0 Å². The third-order valence-electron chi connectivity index (χ3n) is 2.87.